The highest BCUT2D eigenvalue weighted by atomic mass is 16.1. The molecule has 0 atom stereocenters. The number of aromatic nitrogens is 3. The van der Waals surface area contributed by atoms with Crippen LogP contribution in [0.5, 0.6) is 0 Å². The Morgan fingerprint density at radius 3 is 2.12 bits per heavy atom. The molecule has 0 spiro atoms. The van der Waals surface area contributed by atoms with E-state index in [1.54, 1.807) is 23.9 Å². The van der Waals surface area contributed by atoms with Crippen molar-refractivity contribution < 1.29 is 4.79 Å². The summed E-state index contributed by atoms with van der Waals surface area (Å²) in [6.07, 6.45) is 3.42. The van der Waals surface area contributed by atoms with E-state index in [0.717, 1.165) is 74.6 Å². The maximum Gasteiger partial charge on any atom is 0.229 e. The zero-order chi connectivity index (χ0) is 23.8. The van der Waals surface area contributed by atoms with Crippen LogP contribution in [0.4, 0.5) is 5.69 Å². The number of rotatable bonds is 12. The van der Waals surface area contributed by atoms with E-state index in [1.807, 2.05) is 12.1 Å². The van der Waals surface area contributed by atoms with Crippen molar-refractivity contribution in [2.45, 2.75) is 34.6 Å². The number of benzene rings is 1. The Labute approximate surface area is 198 Å². The Bertz CT molecular complexity index is 1020. The minimum atomic E-state index is -0.0641. The number of hydrogen-bond acceptors (Lipinski definition) is 6. The highest BCUT2D eigenvalue weighted by Gasteiger charge is 2.17. The minimum Gasteiger partial charge on any atom is -0.369 e. The molecule has 1 aromatic carbocycles. The average Bonchev–Trinajstić information content (AvgIpc) is 3.24. The molecule has 2 heterocycles. The van der Waals surface area contributed by atoms with Crippen molar-refractivity contribution >= 4 is 22.6 Å². The van der Waals surface area contributed by atoms with E-state index in [2.05, 4.69) is 65.6 Å². The van der Waals surface area contributed by atoms with Crippen molar-refractivity contribution in [3.8, 4) is 11.4 Å². The Hall–Kier alpha value is -2.77. The fraction of sp³-hybridized carbons (Fsp3) is 0.500. The lowest BCUT2D eigenvalue weighted by atomic mass is 10.1. The molecule has 0 N–H and O–H groups in total. The first-order chi connectivity index (χ1) is 16.0. The highest BCUT2D eigenvalue weighted by Crippen LogP contribution is 2.27. The third-order valence-corrected chi connectivity index (χ3v) is 6.40. The normalized spacial score (nSPS) is 11.6. The zero-order valence-electron chi connectivity index (χ0n) is 20.8. The van der Waals surface area contributed by atoms with E-state index in [9.17, 15) is 4.79 Å². The topological polar surface area (TPSA) is 57.5 Å². The summed E-state index contributed by atoms with van der Waals surface area (Å²) in [6.45, 7) is 18.6. The number of anilines is 1. The van der Waals surface area contributed by atoms with Gasteiger partial charge in [-0.25, -0.2) is 4.98 Å². The summed E-state index contributed by atoms with van der Waals surface area (Å²) in [6, 6.07) is 10.3. The molecule has 0 aliphatic heterocycles. The molecule has 0 saturated carbocycles. The fourth-order valence-electron chi connectivity index (χ4n) is 4.25. The van der Waals surface area contributed by atoms with Crippen LogP contribution in [0.15, 0.2) is 42.7 Å². The van der Waals surface area contributed by atoms with E-state index in [4.69, 9.17) is 4.98 Å². The first-order valence-corrected chi connectivity index (χ1v) is 12.2. The Morgan fingerprint density at radius 1 is 0.909 bits per heavy atom. The van der Waals surface area contributed by atoms with Crippen molar-refractivity contribution in [1.82, 2.24) is 24.3 Å². The van der Waals surface area contributed by atoms with Gasteiger partial charge in [0.25, 0.3) is 0 Å². The van der Waals surface area contributed by atoms with Gasteiger partial charge in [0, 0.05) is 50.6 Å². The molecular weight excluding hydrogens is 412 g/mol. The van der Waals surface area contributed by atoms with Gasteiger partial charge in [-0.05, 0) is 44.4 Å². The van der Waals surface area contributed by atoms with Gasteiger partial charge < -0.3 is 14.7 Å². The van der Waals surface area contributed by atoms with Gasteiger partial charge in [0.15, 0.2) is 0 Å². The predicted octanol–water partition coefficient (Wildman–Crippen LogP) is 4.25. The summed E-state index contributed by atoms with van der Waals surface area (Å²) in [7, 11) is 0. The lowest BCUT2D eigenvalue weighted by molar-refractivity contribution is 0.0943. The number of nitrogens with zero attached hydrogens (tertiary/aromatic N) is 6. The number of pyridine rings is 1. The lowest BCUT2D eigenvalue weighted by Crippen LogP contribution is -2.40. The number of likely N-dealkylation sites (N-methyl/N-ethyl adjacent to an activating group) is 2. The van der Waals surface area contributed by atoms with Crippen LogP contribution < -0.4 is 4.90 Å². The Kier molecular flexibility index (Phi) is 8.97. The average molecular weight is 451 g/mol. The van der Waals surface area contributed by atoms with Gasteiger partial charge in [-0.3, -0.25) is 14.3 Å². The van der Waals surface area contributed by atoms with E-state index in [0.29, 0.717) is 5.82 Å². The second-order valence-corrected chi connectivity index (χ2v) is 8.25. The fourth-order valence-corrected chi connectivity index (χ4v) is 4.25. The molecule has 0 bridgehead atoms. The van der Waals surface area contributed by atoms with E-state index >= 15 is 0 Å². The molecule has 7 heteroatoms. The molecule has 0 fully saturated rings. The lowest BCUT2D eigenvalue weighted by Gasteiger charge is -2.30. The van der Waals surface area contributed by atoms with Gasteiger partial charge in [0.2, 0.25) is 5.91 Å². The maximum absolute atomic E-state index is 12.5. The highest BCUT2D eigenvalue weighted by molar-refractivity contribution is 5.93. The molecular formula is C26H38N6O. The van der Waals surface area contributed by atoms with Gasteiger partial charge in [-0.15, -0.1) is 0 Å². The van der Waals surface area contributed by atoms with Crippen LogP contribution in [-0.4, -0.2) is 82.6 Å². The van der Waals surface area contributed by atoms with Crippen molar-refractivity contribution in [1.29, 1.82) is 0 Å². The standard InChI is InChI=1S/C26H38N6O/c1-6-29(7-2)15-17-31(18-16-30(8-3)9-4)23-12-10-11-22(19-23)26-28-24-13-14-27-20-25(24)32(26)21(5)33/h10-14,19-20H,6-9,15-18H2,1-5H3. The van der Waals surface area contributed by atoms with Crippen molar-refractivity contribution in [3.63, 3.8) is 0 Å². The third-order valence-electron chi connectivity index (χ3n) is 6.40. The van der Waals surface area contributed by atoms with Gasteiger partial charge >= 0.3 is 0 Å². The third kappa shape index (κ3) is 5.97. The molecule has 0 amide bonds. The predicted molar refractivity (Wildman–Crippen MR) is 137 cm³/mol. The van der Waals surface area contributed by atoms with Crippen LogP contribution in [0, 0.1) is 0 Å². The molecule has 0 aliphatic carbocycles. The van der Waals surface area contributed by atoms with E-state index in [1.165, 1.54) is 0 Å². The van der Waals surface area contributed by atoms with Crippen LogP contribution >= 0.6 is 0 Å². The molecule has 0 saturated heterocycles. The molecule has 7 nitrogen and oxygen atoms in total. The summed E-state index contributed by atoms with van der Waals surface area (Å²) in [5, 5.41) is 0. The largest absolute Gasteiger partial charge is 0.369 e. The molecule has 0 radical (unpaired) electrons. The van der Waals surface area contributed by atoms with Gasteiger partial charge in [-0.1, -0.05) is 39.8 Å². The van der Waals surface area contributed by atoms with Gasteiger partial charge in [0.1, 0.15) is 5.82 Å². The Balaban J connectivity index is 1.95. The van der Waals surface area contributed by atoms with Crippen molar-refractivity contribution in [2.24, 2.45) is 0 Å². The summed E-state index contributed by atoms with van der Waals surface area (Å²) in [5.41, 5.74) is 3.62. The summed E-state index contributed by atoms with van der Waals surface area (Å²) < 4.78 is 1.66. The molecule has 3 rings (SSSR count). The second kappa shape index (κ2) is 11.9. The molecule has 2 aromatic heterocycles. The van der Waals surface area contributed by atoms with Gasteiger partial charge in [0.05, 0.1) is 17.2 Å². The van der Waals surface area contributed by atoms with Crippen LogP contribution in [-0.2, 0) is 0 Å². The van der Waals surface area contributed by atoms with Gasteiger partial charge in [-0.2, -0.15) is 0 Å². The number of imidazole rings is 1. The van der Waals surface area contributed by atoms with Crippen LogP contribution in [0.25, 0.3) is 22.4 Å². The number of carbonyl (C=O) groups is 1. The quantitative estimate of drug-likeness (QED) is 0.411. The SMILES string of the molecule is CCN(CC)CCN(CCN(CC)CC)c1cccc(-c2nc3ccncc3n2C(C)=O)c1. The molecule has 0 aliphatic rings. The van der Waals surface area contributed by atoms with E-state index < -0.39 is 0 Å². The van der Waals surface area contributed by atoms with Crippen molar-refractivity contribution in [3.05, 3.63) is 42.7 Å². The van der Waals surface area contributed by atoms with Crippen LogP contribution in [0.3, 0.4) is 0 Å². The molecule has 33 heavy (non-hydrogen) atoms. The maximum atomic E-state index is 12.5. The molecule has 0 unspecified atom stereocenters. The molecule has 178 valence electrons. The minimum absolute atomic E-state index is 0.0641. The summed E-state index contributed by atoms with van der Waals surface area (Å²) in [4.78, 5) is 28.8. The van der Waals surface area contributed by atoms with Crippen LogP contribution in [0.2, 0.25) is 0 Å². The second-order valence-electron chi connectivity index (χ2n) is 8.25. The van der Waals surface area contributed by atoms with Crippen LogP contribution in [0.1, 0.15) is 39.4 Å². The first kappa shape index (κ1) is 24.9. The Morgan fingerprint density at radius 2 is 1.55 bits per heavy atom. The molecule has 3 aromatic rings. The zero-order valence-corrected chi connectivity index (χ0v) is 20.8. The summed E-state index contributed by atoms with van der Waals surface area (Å²) >= 11 is 0. The van der Waals surface area contributed by atoms with E-state index in [-0.39, 0.29) is 5.91 Å². The number of hydrogen-bond donors (Lipinski definition) is 0. The smallest absolute Gasteiger partial charge is 0.229 e. The number of carbonyl (C=O) groups excluding carboxylic acids is 1. The van der Waals surface area contributed by atoms with Crippen molar-refractivity contribution in [2.75, 3.05) is 57.3 Å². The summed E-state index contributed by atoms with van der Waals surface area (Å²) in [5.74, 6) is 0.602. The monoisotopic (exact) mass is 450 g/mol. The first-order valence-electron chi connectivity index (χ1n) is 12.2. The number of fused-ring (bicyclic) bond motifs is 1.